The lowest BCUT2D eigenvalue weighted by atomic mass is 10.1. The number of benzene rings is 1. The van der Waals surface area contributed by atoms with Crippen molar-refractivity contribution in [3.05, 3.63) is 52.4 Å². The summed E-state index contributed by atoms with van der Waals surface area (Å²) in [4.78, 5) is 24.0. The number of hydrogen-bond donors (Lipinski definition) is 3. The SMILES string of the molecule is Cc1ccc(S(=O)(=O)NCCNC(=O)c2ccccc2C(=O)O)s1. The topological polar surface area (TPSA) is 113 Å². The van der Waals surface area contributed by atoms with Crippen LogP contribution >= 0.6 is 11.3 Å². The zero-order chi connectivity index (χ0) is 17.7. The molecule has 1 heterocycles. The van der Waals surface area contributed by atoms with Crippen molar-refractivity contribution in [1.82, 2.24) is 10.0 Å². The first-order valence-electron chi connectivity index (χ1n) is 6.98. The molecular weight excluding hydrogens is 352 g/mol. The van der Waals surface area contributed by atoms with Crippen LogP contribution in [-0.2, 0) is 10.0 Å². The molecule has 0 aliphatic rings. The van der Waals surface area contributed by atoms with Crippen molar-refractivity contribution in [2.75, 3.05) is 13.1 Å². The maximum Gasteiger partial charge on any atom is 0.336 e. The van der Waals surface area contributed by atoms with Crippen molar-refractivity contribution >= 4 is 33.2 Å². The number of rotatable bonds is 7. The van der Waals surface area contributed by atoms with E-state index in [4.69, 9.17) is 5.11 Å². The van der Waals surface area contributed by atoms with Crippen LogP contribution in [0.4, 0.5) is 0 Å². The number of nitrogens with one attached hydrogen (secondary N) is 2. The summed E-state index contributed by atoms with van der Waals surface area (Å²) < 4.78 is 26.6. The van der Waals surface area contributed by atoms with E-state index in [0.717, 1.165) is 16.2 Å². The smallest absolute Gasteiger partial charge is 0.336 e. The highest BCUT2D eigenvalue weighted by molar-refractivity contribution is 7.91. The second-order valence-electron chi connectivity index (χ2n) is 4.87. The van der Waals surface area contributed by atoms with Crippen molar-refractivity contribution in [3.63, 3.8) is 0 Å². The van der Waals surface area contributed by atoms with E-state index in [-0.39, 0.29) is 28.4 Å². The van der Waals surface area contributed by atoms with Crippen molar-refractivity contribution in [1.29, 1.82) is 0 Å². The summed E-state index contributed by atoms with van der Waals surface area (Å²) >= 11 is 1.16. The van der Waals surface area contributed by atoms with Crippen LogP contribution in [-0.4, -0.2) is 38.5 Å². The van der Waals surface area contributed by atoms with Gasteiger partial charge in [-0.05, 0) is 31.2 Å². The Labute approximate surface area is 143 Å². The second-order valence-corrected chi connectivity index (χ2v) is 8.15. The van der Waals surface area contributed by atoms with Crippen LogP contribution in [0.15, 0.2) is 40.6 Å². The molecule has 0 spiro atoms. The largest absolute Gasteiger partial charge is 0.478 e. The van der Waals surface area contributed by atoms with Gasteiger partial charge in [0.15, 0.2) is 0 Å². The zero-order valence-corrected chi connectivity index (χ0v) is 14.4. The van der Waals surface area contributed by atoms with E-state index in [1.165, 1.54) is 24.3 Å². The predicted octanol–water partition coefficient (Wildman–Crippen LogP) is 1.46. The van der Waals surface area contributed by atoms with Crippen LogP contribution in [0, 0.1) is 6.92 Å². The summed E-state index contributed by atoms with van der Waals surface area (Å²) in [6.45, 7) is 1.85. The number of aromatic carboxylic acids is 1. The summed E-state index contributed by atoms with van der Waals surface area (Å²) in [7, 11) is -3.60. The highest BCUT2D eigenvalue weighted by Gasteiger charge is 2.17. The molecule has 1 aromatic carbocycles. The van der Waals surface area contributed by atoms with Crippen molar-refractivity contribution in [3.8, 4) is 0 Å². The van der Waals surface area contributed by atoms with Crippen LogP contribution in [0.1, 0.15) is 25.6 Å². The first-order chi connectivity index (χ1) is 11.3. The average molecular weight is 368 g/mol. The molecule has 9 heteroatoms. The molecule has 3 N–H and O–H groups in total. The van der Waals surface area contributed by atoms with E-state index in [0.29, 0.717) is 0 Å². The Bertz CT molecular complexity index is 858. The Hall–Kier alpha value is -2.23. The van der Waals surface area contributed by atoms with Gasteiger partial charge in [0.1, 0.15) is 4.21 Å². The van der Waals surface area contributed by atoms with E-state index >= 15 is 0 Å². The Morgan fingerprint density at radius 3 is 2.33 bits per heavy atom. The van der Waals surface area contributed by atoms with Gasteiger partial charge in [-0.2, -0.15) is 0 Å². The van der Waals surface area contributed by atoms with E-state index < -0.39 is 21.9 Å². The maximum absolute atomic E-state index is 12.0. The summed E-state index contributed by atoms with van der Waals surface area (Å²) in [5.41, 5.74) is -0.0774. The number of carboxylic acid groups (broad SMARTS) is 1. The molecule has 2 rings (SSSR count). The molecule has 0 aliphatic heterocycles. The molecule has 0 atom stereocenters. The Kier molecular flexibility index (Phi) is 5.71. The van der Waals surface area contributed by atoms with Gasteiger partial charge in [0, 0.05) is 18.0 Å². The zero-order valence-electron chi connectivity index (χ0n) is 12.8. The molecule has 1 aromatic heterocycles. The van der Waals surface area contributed by atoms with Crippen molar-refractivity contribution in [2.24, 2.45) is 0 Å². The van der Waals surface area contributed by atoms with Gasteiger partial charge in [-0.3, -0.25) is 4.79 Å². The fraction of sp³-hybridized carbons (Fsp3) is 0.200. The molecule has 0 unspecified atom stereocenters. The van der Waals surface area contributed by atoms with Gasteiger partial charge in [0.05, 0.1) is 11.1 Å². The highest BCUT2D eigenvalue weighted by Crippen LogP contribution is 2.19. The molecule has 0 saturated carbocycles. The lowest BCUT2D eigenvalue weighted by molar-refractivity contribution is 0.0691. The summed E-state index contributed by atoms with van der Waals surface area (Å²) in [5, 5.41) is 11.5. The number of sulfonamides is 1. The minimum absolute atomic E-state index is 0.000257. The number of carbonyl (C=O) groups excluding carboxylic acids is 1. The molecule has 0 saturated heterocycles. The highest BCUT2D eigenvalue weighted by atomic mass is 32.2. The van der Waals surface area contributed by atoms with E-state index in [1.54, 1.807) is 12.1 Å². The van der Waals surface area contributed by atoms with Gasteiger partial charge in [-0.1, -0.05) is 12.1 Å². The van der Waals surface area contributed by atoms with Crippen LogP contribution in [0.2, 0.25) is 0 Å². The Balaban J connectivity index is 1.91. The fourth-order valence-corrected chi connectivity index (χ4v) is 4.31. The third-order valence-corrected chi connectivity index (χ3v) is 6.04. The molecule has 128 valence electrons. The number of hydrogen-bond acceptors (Lipinski definition) is 5. The first-order valence-corrected chi connectivity index (χ1v) is 9.28. The maximum atomic E-state index is 12.0. The molecule has 0 fully saturated rings. The van der Waals surface area contributed by atoms with Crippen molar-refractivity contribution in [2.45, 2.75) is 11.1 Å². The molecule has 2 aromatic rings. The number of carbonyl (C=O) groups is 2. The third kappa shape index (κ3) is 4.40. The predicted molar refractivity (Wildman–Crippen MR) is 90.0 cm³/mol. The van der Waals surface area contributed by atoms with E-state index in [9.17, 15) is 18.0 Å². The van der Waals surface area contributed by atoms with Crippen molar-refractivity contribution < 1.29 is 23.1 Å². The number of thiophene rings is 1. The van der Waals surface area contributed by atoms with Gasteiger partial charge >= 0.3 is 5.97 Å². The minimum Gasteiger partial charge on any atom is -0.478 e. The summed E-state index contributed by atoms with van der Waals surface area (Å²) in [6, 6.07) is 9.05. The number of carboxylic acids is 1. The monoisotopic (exact) mass is 368 g/mol. The molecule has 1 amide bonds. The average Bonchev–Trinajstić information content (AvgIpc) is 2.99. The lowest BCUT2D eigenvalue weighted by Crippen LogP contribution is -2.35. The summed E-state index contributed by atoms with van der Waals surface area (Å²) in [6.07, 6.45) is 0. The van der Waals surface area contributed by atoms with Crippen LogP contribution in [0.3, 0.4) is 0 Å². The first kappa shape index (κ1) is 18.1. The molecule has 24 heavy (non-hydrogen) atoms. The van der Waals surface area contributed by atoms with E-state index in [1.807, 2.05) is 6.92 Å². The van der Waals surface area contributed by atoms with Crippen LogP contribution in [0.25, 0.3) is 0 Å². The number of amides is 1. The molecule has 0 bridgehead atoms. The molecular formula is C15H16N2O5S2. The second kappa shape index (κ2) is 7.56. The van der Waals surface area contributed by atoms with Gasteiger partial charge in [-0.15, -0.1) is 11.3 Å². The minimum atomic E-state index is -3.60. The summed E-state index contributed by atoms with van der Waals surface area (Å²) in [5.74, 6) is -1.77. The molecule has 7 nitrogen and oxygen atoms in total. The van der Waals surface area contributed by atoms with Gasteiger partial charge in [0.25, 0.3) is 5.91 Å². The Morgan fingerprint density at radius 1 is 1.08 bits per heavy atom. The molecule has 0 aliphatic carbocycles. The van der Waals surface area contributed by atoms with E-state index in [2.05, 4.69) is 10.0 Å². The van der Waals surface area contributed by atoms with Gasteiger partial charge in [-0.25, -0.2) is 17.9 Å². The fourth-order valence-electron chi connectivity index (χ4n) is 1.95. The molecule has 0 radical (unpaired) electrons. The van der Waals surface area contributed by atoms with Gasteiger partial charge in [0.2, 0.25) is 10.0 Å². The standard InChI is InChI=1S/C15H16N2O5S2/c1-10-6-7-13(23-10)24(21,22)17-9-8-16-14(18)11-4-2-3-5-12(11)15(19)20/h2-7,17H,8-9H2,1H3,(H,16,18)(H,19,20). The van der Waals surface area contributed by atoms with Crippen LogP contribution in [0.5, 0.6) is 0 Å². The Morgan fingerprint density at radius 2 is 1.75 bits per heavy atom. The van der Waals surface area contributed by atoms with Crippen LogP contribution < -0.4 is 10.0 Å². The lowest BCUT2D eigenvalue weighted by Gasteiger charge is -2.08. The third-order valence-electron chi connectivity index (χ3n) is 3.09. The number of aryl methyl sites for hydroxylation is 1. The van der Waals surface area contributed by atoms with Gasteiger partial charge < -0.3 is 10.4 Å². The normalized spacial score (nSPS) is 11.2. The quantitative estimate of drug-likeness (QED) is 0.641.